The molecule has 0 heterocycles. The molecule has 1 saturated carbocycles. The van der Waals surface area contributed by atoms with Gasteiger partial charge in [-0.05, 0) is 30.7 Å². The third-order valence-electron chi connectivity index (χ3n) is 3.95. The van der Waals surface area contributed by atoms with Crippen molar-refractivity contribution in [1.29, 1.82) is 0 Å². The van der Waals surface area contributed by atoms with Crippen LogP contribution in [0.25, 0.3) is 0 Å². The lowest BCUT2D eigenvalue weighted by Gasteiger charge is -2.29. The number of hydrogen-bond donors (Lipinski definition) is 1. The average Bonchev–Trinajstić information content (AvgIpc) is 2.48. The summed E-state index contributed by atoms with van der Waals surface area (Å²) < 4.78 is 31.3. The van der Waals surface area contributed by atoms with E-state index in [0.717, 1.165) is 5.56 Å². The van der Waals surface area contributed by atoms with Crippen LogP contribution in [0, 0.1) is 5.92 Å². The summed E-state index contributed by atoms with van der Waals surface area (Å²) in [5, 5.41) is 0. The van der Waals surface area contributed by atoms with E-state index in [1.807, 2.05) is 30.3 Å². The molecule has 116 valence electrons. The van der Waals surface area contributed by atoms with Crippen LogP contribution in [0.4, 0.5) is 8.78 Å². The number of nitrogens with two attached hydrogens (primary N) is 1. The van der Waals surface area contributed by atoms with Crippen molar-refractivity contribution >= 4 is 5.97 Å². The zero-order chi connectivity index (χ0) is 15.3. The highest BCUT2D eigenvalue weighted by atomic mass is 19.3. The van der Waals surface area contributed by atoms with E-state index in [0.29, 0.717) is 19.3 Å². The van der Waals surface area contributed by atoms with Gasteiger partial charge in [-0.25, -0.2) is 8.78 Å². The van der Waals surface area contributed by atoms with Gasteiger partial charge >= 0.3 is 5.97 Å². The minimum Gasteiger partial charge on any atom is -0.460 e. The molecule has 0 spiro atoms. The fraction of sp³-hybridized carbons (Fsp3) is 0.562. The van der Waals surface area contributed by atoms with E-state index in [9.17, 15) is 13.6 Å². The summed E-state index contributed by atoms with van der Waals surface area (Å²) in [4.78, 5) is 11.8. The van der Waals surface area contributed by atoms with Crippen molar-refractivity contribution in [2.24, 2.45) is 11.7 Å². The van der Waals surface area contributed by atoms with Crippen LogP contribution >= 0.6 is 0 Å². The van der Waals surface area contributed by atoms with Crippen molar-refractivity contribution in [2.75, 3.05) is 0 Å². The van der Waals surface area contributed by atoms with Gasteiger partial charge in [0.15, 0.2) is 0 Å². The van der Waals surface area contributed by atoms with Gasteiger partial charge in [0.2, 0.25) is 5.92 Å². The lowest BCUT2D eigenvalue weighted by Crippen LogP contribution is -2.36. The highest BCUT2D eigenvalue weighted by Crippen LogP contribution is 2.37. The third kappa shape index (κ3) is 5.08. The predicted octanol–water partition coefficient (Wildman–Crippen LogP) is 3.27. The van der Waals surface area contributed by atoms with Crippen LogP contribution in [-0.2, 0) is 16.1 Å². The second-order valence-corrected chi connectivity index (χ2v) is 5.73. The molecular weight excluding hydrogens is 276 g/mol. The molecule has 1 atom stereocenters. The van der Waals surface area contributed by atoms with Gasteiger partial charge in [0.1, 0.15) is 12.6 Å². The molecule has 0 saturated heterocycles. The summed E-state index contributed by atoms with van der Waals surface area (Å²) in [7, 11) is 0. The first-order valence-corrected chi connectivity index (χ1v) is 7.30. The fourth-order valence-corrected chi connectivity index (χ4v) is 2.63. The minimum absolute atomic E-state index is 0.0869. The van der Waals surface area contributed by atoms with Gasteiger partial charge in [0.25, 0.3) is 0 Å². The lowest BCUT2D eigenvalue weighted by atomic mass is 9.83. The topological polar surface area (TPSA) is 52.3 Å². The van der Waals surface area contributed by atoms with Crippen LogP contribution in [0.15, 0.2) is 30.3 Å². The van der Waals surface area contributed by atoms with Crippen LogP contribution in [0.1, 0.15) is 37.7 Å². The number of alkyl halides is 2. The number of halogens is 2. The first-order valence-electron chi connectivity index (χ1n) is 7.30. The molecule has 3 nitrogen and oxygen atoms in total. The second-order valence-electron chi connectivity index (χ2n) is 5.73. The minimum atomic E-state index is -2.55. The number of ether oxygens (including phenoxy) is 1. The first-order chi connectivity index (χ1) is 9.96. The maximum Gasteiger partial charge on any atom is 0.323 e. The van der Waals surface area contributed by atoms with E-state index in [1.54, 1.807) is 0 Å². The van der Waals surface area contributed by atoms with Crippen molar-refractivity contribution in [2.45, 2.75) is 50.7 Å². The molecule has 1 aromatic rings. The van der Waals surface area contributed by atoms with E-state index in [4.69, 9.17) is 10.5 Å². The Hall–Kier alpha value is -1.49. The lowest BCUT2D eigenvalue weighted by molar-refractivity contribution is -0.147. The molecule has 1 aliphatic carbocycles. The van der Waals surface area contributed by atoms with E-state index < -0.39 is 17.9 Å². The van der Waals surface area contributed by atoms with Crippen LogP contribution in [0.5, 0.6) is 0 Å². The van der Waals surface area contributed by atoms with Crippen LogP contribution in [0.3, 0.4) is 0 Å². The Kier molecular flexibility index (Phi) is 5.28. The van der Waals surface area contributed by atoms with E-state index in [1.165, 1.54) is 0 Å². The summed E-state index contributed by atoms with van der Waals surface area (Å²) >= 11 is 0. The number of carbonyl (C=O) groups is 1. The van der Waals surface area contributed by atoms with Gasteiger partial charge in [0.05, 0.1) is 0 Å². The van der Waals surface area contributed by atoms with Gasteiger partial charge in [0, 0.05) is 12.8 Å². The number of carbonyl (C=O) groups excluding carboxylic acids is 1. The zero-order valence-electron chi connectivity index (χ0n) is 11.9. The highest BCUT2D eigenvalue weighted by molar-refractivity contribution is 5.75. The van der Waals surface area contributed by atoms with Crippen LogP contribution < -0.4 is 5.73 Å². The van der Waals surface area contributed by atoms with E-state index in [-0.39, 0.29) is 25.4 Å². The molecule has 21 heavy (non-hydrogen) atoms. The molecule has 0 aromatic heterocycles. The number of esters is 1. The quantitative estimate of drug-likeness (QED) is 0.849. The molecule has 1 fully saturated rings. The van der Waals surface area contributed by atoms with E-state index in [2.05, 4.69) is 0 Å². The smallest absolute Gasteiger partial charge is 0.323 e. The summed E-state index contributed by atoms with van der Waals surface area (Å²) in [6, 6.07) is 8.61. The van der Waals surface area contributed by atoms with Gasteiger partial charge in [-0.1, -0.05) is 30.3 Å². The van der Waals surface area contributed by atoms with Crippen LogP contribution in [0.2, 0.25) is 0 Å². The zero-order valence-corrected chi connectivity index (χ0v) is 11.9. The van der Waals surface area contributed by atoms with Crippen molar-refractivity contribution in [1.82, 2.24) is 0 Å². The maximum absolute atomic E-state index is 13.1. The van der Waals surface area contributed by atoms with Gasteiger partial charge in [-0.15, -0.1) is 0 Å². The fourth-order valence-electron chi connectivity index (χ4n) is 2.63. The van der Waals surface area contributed by atoms with Crippen molar-refractivity contribution in [3.63, 3.8) is 0 Å². The summed E-state index contributed by atoms with van der Waals surface area (Å²) in [6.07, 6.45) is 1.05. The van der Waals surface area contributed by atoms with Crippen LogP contribution in [-0.4, -0.2) is 17.9 Å². The Morgan fingerprint density at radius 2 is 1.90 bits per heavy atom. The van der Waals surface area contributed by atoms with Gasteiger partial charge < -0.3 is 10.5 Å². The normalized spacial score (nSPS) is 20.0. The Labute approximate surface area is 123 Å². The number of benzene rings is 1. The number of hydrogen-bond acceptors (Lipinski definition) is 3. The monoisotopic (exact) mass is 297 g/mol. The van der Waals surface area contributed by atoms with Crippen molar-refractivity contribution in [3.8, 4) is 0 Å². The molecule has 2 rings (SSSR count). The molecule has 0 unspecified atom stereocenters. The van der Waals surface area contributed by atoms with Gasteiger partial charge in [-0.2, -0.15) is 0 Å². The molecule has 5 heteroatoms. The Morgan fingerprint density at radius 3 is 2.52 bits per heavy atom. The Bertz CT molecular complexity index is 455. The SMILES string of the molecule is N[C@@H](CC1CCC(F)(F)CC1)C(=O)OCc1ccccc1. The molecule has 0 bridgehead atoms. The number of rotatable bonds is 5. The standard InChI is InChI=1S/C16H21F2NO2/c17-16(18)8-6-12(7-9-16)10-14(19)15(20)21-11-13-4-2-1-3-5-13/h1-5,12,14H,6-11,19H2/t14-/m0/s1. The second kappa shape index (κ2) is 6.98. The average molecular weight is 297 g/mol. The summed E-state index contributed by atoms with van der Waals surface area (Å²) in [5.74, 6) is -2.92. The molecule has 0 amide bonds. The third-order valence-corrected chi connectivity index (χ3v) is 3.95. The molecule has 0 aliphatic heterocycles. The summed E-state index contributed by atoms with van der Waals surface area (Å²) in [5.41, 5.74) is 6.72. The Morgan fingerprint density at radius 1 is 1.29 bits per heavy atom. The van der Waals surface area contributed by atoms with E-state index >= 15 is 0 Å². The van der Waals surface area contributed by atoms with Crippen molar-refractivity contribution < 1.29 is 18.3 Å². The molecule has 0 radical (unpaired) electrons. The first kappa shape index (κ1) is 15.9. The highest BCUT2D eigenvalue weighted by Gasteiger charge is 2.35. The largest absolute Gasteiger partial charge is 0.460 e. The van der Waals surface area contributed by atoms with Gasteiger partial charge in [-0.3, -0.25) is 4.79 Å². The summed E-state index contributed by atoms with van der Waals surface area (Å²) in [6.45, 7) is 0.191. The maximum atomic E-state index is 13.1. The molecule has 1 aromatic carbocycles. The molecule has 1 aliphatic rings. The predicted molar refractivity (Wildman–Crippen MR) is 75.7 cm³/mol. The Balaban J connectivity index is 1.73. The van der Waals surface area contributed by atoms with Crippen molar-refractivity contribution in [3.05, 3.63) is 35.9 Å². The molecule has 2 N–H and O–H groups in total. The molecular formula is C16H21F2NO2.